The van der Waals surface area contributed by atoms with Gasteiger partial charge in [-0.1, -0.05) is 11.6 Å². The lowest BCUT2D eigenvalue weighted by atomic mass is 9.97. The van der Waals surface area contributed by atoms with Crippen LogP contribution < -0.4 is 4.74 Å². The molecular formula is C19H27ClN2O4S. The summed E-state index contributed by atoms with van der Waals surface area (Å²) in [6.45, 7) is 4.54. The second-order valence-corrected chi connectivity index (χ2v) is 9.46. The Kier molecular flexibility index (Phi) is 6.65. The SMILES string of the molecule is CCOc1ccc(S(=O)(=O)N2CCC[C@H](C(=O)N3CCCCC3)C2)cc1Cl. The highest BCUT2D eigenvalue weighted by atomic mass is 35.5. The number of rotatable bonds is 5. The van der Waals surface area contributed by atoms with Crippen molar-refractivity contribution in [3.8, 4) is 5.75 Å². The third-order valence-corrected chi connectivity index (χ3v) is 7.40. The van der Waals surface area contributed by atoms with Crippen LogP contribution >= 0.6 is 11.6 Å². The first-order valence-electron chi connectivity index (χ1n) is 9.64. The summed E-state index contributed by atoms with van der Waals surface area (Å²) < 4.78 is 32.9. The minimum absolute atomic E-state index is 0.0966. The monoisotopic (exact) mass is 414 g/mol. The molecule has 0 N–H and O–H groups in total. The molecule has 0 aromatic heterocycles. The summed E-state index contributed by atoms with van der Waals surface area (Å²) in [5, 5.41) is 0.274. The third-order valence-electron chi connectivity index (χ3n) is 5.24. The molecule has 3 rings (SSSR count). The summed E-state index contributed by atoms with van der Waals surface area (Å²) in [7, 11) is -3.69. The number of halogens is 1. The average molecular weight is 415 g/mol. The van der Waals surface area contributed by atoms with E-state index < -0.39 is 10.0 Å². The maximum Gasteiger partial charge on any atom is 0.243 e. The molecule has 1 aromatic rings. The highest BCUT2D eigenvalue weighted by Crippen LogP contribution is 2.31. The molecule has 6 nitrogen and oxygen atoms in total. The summed E-state index contributed by atoms with van der Waals surface area (Å²) in [6, 6.07) is 4.53. The Labute approximate surface area is 166 Å². The first-order valence-corrected chi connectivity index (χ1v) is 11.5. The van der Waals surface area contributed by atoms with Crippen molar-refractivity contribution in [1.82, 2.24) is 9.21 Å². The van der Waals surface area contributed by atoms with Gasteiger partial charge in [-0.2, -0.15) is 4.31 Å². The Morgan fingerprint density at radius 1 is 1.19 bits per heavy atom. The maximum atomic E-state index is 13.1. The quantitative estimate of drug-likeness (QED) is 0.742. The molecule has 2 saturated heterocycles. The lowest BCUT2D eigenvalue weighted by molar-refractivity contribution is -0.137. The van der Waals surface area contributed by atoms with E-state index in [1.807, 2.05) is 11.8 Å². The van der Waals surface area contributed by atoms with Gasteiger partial charge in [-0.25, -0.2) is 8.42 Å². The zero-order valence-electron chi connectivity index (χ0n) is 15.7. The Bertz CT molecular complexity index is 778. The molecule has 2 aliphatic rings. The molecule has 2 fully saturated rings. The van der Waals surface area contributed by atoms with Crippen molar-refractivity contribution in [1.29, 1.82) is 0 Å². The molecular weight excluding hydrogens is 388 g/mol. The van der Waals surface area contributed by atoms with Crippen LogP contribution in [0.2, 0.25) is 5.02 Å². The van der Waals surface area contributed by atoms with E-state index in [2.05, 4.69) is 0 Å². The lowest BCUT2D eigenvalue weighted by Crippen LogP contribution is -2.47. The first kappa shape index (κ1) is 20.4. The molecule has 2 aliphatic heterocycles. The fraction of sp³-hybridized carbons (Fsp3) is 0.632. The Hall–Kier alpha value is -1.31. The Morgan fingerprint density at radius 2 is 1.93 bits per heavy atom. The molecule has 1 aromatic carbocycles. The van der Waals surface area contributed by atoms with Crippen molar-refractivity contribution in [3.05, 3.63) is 23.2 Å². The van der Waals surface area contributed by atoms with E-state index in [1.54, 1.807) is 6.07 Å². The Morgan fingerprint density at radius 3 is 2.59 bits per heavy atom. The molecule has 1 amide bonds. The molecule has 0 saturated carbocycles. The number of benzene rings is 1. The van der Waals surface area contributed by atoms with Crippen LogP contribution in [-0.4, -0.2) is 56.3 Å². The van der Waals surface area contributed by atoms with Gasteiger partial charge in [0.05, 0.1) is 22.4 Å². The van der Waals surface area contributed by atoms with Crippen LogP contribution in [0.4, 0.5) is 0 Å². The molecule has 0 unspecified atom stereocenters. The fourth-order valence-electron chi connectivity index (χ4n) is 3.80. The van der Waals surface area contributed by atoms with Gasteiger partial charge in [-0.3, -0.25) is 4.79 Å². The van der Waals surface area contributed by atoms with Gasteiger partial charge < -0.3 is 9.64 Å². The number of amides is 1. The largest absolute Gasteiger partial charge is 0.492 e. The van der Waals surface area contributed by atoms with Crippen molar-refractivity contribution < 1.29 is 17.9 Å². The van der Waals surface area contributed by atoms with Crippen LogP contribution in [0.25, 0.3) is 0 Å². The zero-order chi connectivity index (χ0) is 19.4. The number of piperidine rings is 2. The molecule has 0 radical (unpaired) electrons. The number of carbonyl (C=O) groups excluding carboxylic acids is 1. The molecule has 8 heteroatoms. The molecule has 2 heterocycles. The summed E-state index contributed by atoms with van der Waals surface area (Å²) in [6.07, 6.45) is 4.66. The highest BCUT2D eigenvalue weighted by Gasteiger charge is 2.35. The first-order chi connectivity index (χ1) is 12.9. The van der Waals surface area contributed by atoms with E-state index in [0.717, 1.165) is 38.8 Å². The van der Waals surface area contributed by atoms with Crippen molar-refractivity contribution in [2.75, 3.05) is 32.8 Å². The molecule has 0 bridgehead atoms. The average Bonchev–Trinajstić information content (AvgIpc) is 2.70. The summed E-state index contributed by atoms with van der Waals surface area (Å²) in [5.74, 6) is 0.305. The van der Waals surface area contributed by atoms with Crippen molar-refractivity contribution in [2.45, 2.75) is 43.9 Å². The number of hydrogen-bond acceptors (Lipinski definition) is 4. The van der Waals surface area contributed by atoms with E-state index in [-0.39, 0.29) is 28.3 Å². The number of likely N-dealkylation sites (tertiary alicyclic amines) is 1. The second-order valence-electron chi connectivity index (χ2n) is 7.11. The molecule has 0 aliphatic carbocycles. The van der Waals surface area contributed by atoms with Gasteiger partial charge in [-0.15, -0.1) is 0 Å². The van der Waals surface area contributed by atoms with Gasteiger partial charge in [0.1, 0.15) is 5.75 Å². The standard InChI is InChI=1S/C19H27ClN2O4S/c1-2-26-18-9-8-16(13-17(18)20)27(24,25)22-12-6-7-15(14-22)19(23)21-10-4-3-5-11-21/h8-9,13,15H,2-7,10-12,14H2,1H3/t15-/m0/s1. The van der Waals surface area contributed by atoms with Crippen LogP contribution in [0.15, 0.2) is 23.1 Å². The van der Waals surface area contributed by atoms with Gasteiger partial charge in [0.25, 0.3) is 0 Å². The van der Waals surface area contributed by atoms with Crippen molar-refractivity contribution in [2.24, 2.45) is 5.92 Å². The molecule has 0 spiro atoms. The predicted octanol–water partition coefficient (Wildman–Crippen LogP) is 3.15. The van der Waals surface area contributed by atoms with Gasteiger partial charge >= 0.3 is 0 Å². The van der Waals surface area contributed by atoms with Crippen LogP contribution in [0.5, 0.6) is 5.75 Å². The minimum Gasteiger partial charge on any atom is -0.492 e. The van der Waals surface area contributed by atoms with E-state index >= 15 is 0 Å². The second kappa shape index (κ2) is 8.80. The van der Waals surface area contributed by atoms with Crippen molar-refractivity contribution in [3.63, 3.8) is 0 Å². The fourth-order valence-corrected chi connectivity index (χ4v) is 5.65. The lowest BCUT2D eigenvalue weighted by Gasteiger charge is -2.35. The van der Waals surface area contributed by atoms with Gasteiger partial charge in [-0.05, 0) is 57.2 Å². The molecule has 1 atom stereocenters. The topological polar surface area (TPSA) is 66.9 Å². The number of nitrogens with zero attached hydrogens (tertiary/aromatic N) is 2. The van der Waals surface area contributed by atoms with Crippen LogP contribution in [-0.2, 0) is 14.8 Å². The maximum absolute atomic E-state index is 13.1. The van der Waals surface area contributed by atoms with Crippen LogP contribution in [0, 0.1) is 5.92 Å². The normalized spacial score (nSPS) is 21.9. The van der Waals surface area contributed by atoms with Crippen molar-refractivity contribution >= 4 is 27.5 Å². The third kappa shape index (κ3) is 4.58. The molecule has 27 heavy (non-hydrogen) atoms. The zero-order valence-corrected chi connectivity index (χ0v) is 17.3. The number of ether oxygens (including phenoxy) is 1. The van der Waals surface area contributed by atoms with Gasteiger partial charge in [0, 0.05) is 26.2 Å². The van der Waals surface area contributed by atoms with Gasteiger partial charge in [0.15, 0.2) is 0 Å². The van der Waals surface area contributed by atoms with E-state index in [1.165, 1.54) is 16.4 Å². The number of sulfonamides is 1. The summed E-state index contributed by atoms with van der Waals surface area (Å²) in [5.41, 5.74) is 0. The number of hydrogen-bond donors (Lipinski definition) is 0. The van der Waals surface area contributed by atoms with E-state index in [4.69, 9.17) is 16.3 Å². The Balaban J connectivity index is 1.74. The minimum atomic E-state index is -3.69. The predicted molar refractivity (Wildman–Crippen MR) is 105 cm³/mol. The summed E-state index contributed by atoms with van der Waals surface area (Å²) in [4.78, 5) is 14.8. The van der Waals surface area contributed by atoms with Gasteiger partial charge in [0.2, 0.25) is 15.9 Å². The highest BCUT2D eigenvalue weighted by molar-refractivity contribution is 7.89. The summed E-state index contributed by atoms with van der Waals surface area (Å²) >= 11 is 6.17. The van der Waals surface area contributed by atoms with Crippen LogP contribution in [0.1, 0.15) is 39.0 Å². The smallest absolute Gasteiger partial charge is 0.243 e. The van der Waals surface area contributed by atoms with E-state index in [0.29, 0.717) is 25.3 Å². The number of carbonyl (C=O) groups is 1. The van der Waals surface area contributed by atoms with Crippen LogP contribution in [0.3, 0.4) is 0 Å². The molecule has 150 valence electrons. The van der Waals surface area contributed by atoms with E-state index in [9.17, 15) is 13.2 Å².